The number of nitrogens with one attached hydrogen (secondary N) is 3. The van der Waals surface area contributed by atoms with Crippen LogP contribution >= 0.6 is 0 Å². The fraction of sp³-hybridized carbons (Fsp3) is 0.136. The standard InChI is InChI=1S/C22H23N3O3/c26-15-21(27)14-23-20-8-4-5-16(13-20)22(28)25-19-11-9-18(10-12-19)24-17-6-2-1-3-7-17/h1-13,21,23-24,26-27H,14-15H2,(H,25,28). The number of amides is 1. The summed E-state index contributed by atoms with van der Waals surface area (Å²) >= 11 is 0. The molecule has 3 aromatic carbocycles. The van der Waals surface area contributed by atoms with Crippen molar-refractivity contribution in [1.82, 2.24) is 0 Å². The van der Waals surface area contributed by atoms with Gasteiger partial charge in [0.2, 0.25) is 0 Å². The summed E-state index contributed by atoms with van der Waals surface area (Å²) < 4.78 is 0. The fourth-order valence-corrected chi connectivity index (χ4v) is 2.60. The van der Waals surface area contributed by atoms with E-state index in [0.29, 0.717) is 16.9 Å². The number of para-hydroxylation sites is 1. The molecule has 0 aliphatic heterocycles. The quantitative estimate of drug-likeness (QED) is 0.415. The number of hydrogen-bond acceptors (Lipinski definition) is 5. The second-order valence-electron chi connectivity index (χ2n) is 6.32. The highest BCUT2D eigenvalue weighted by Gasteiger charge is 2.08. The molecule has 0 spiro atoms. The molecule has 0 bridgehead atoms. The Morgan fingerprint density at radius 1 is 0.821 bits per heavy atom. The minimum atomic E-state index is -0.847. The van der Waals surface area contributed by atoms with Gasteiger partial charge in [0.1, 0.15) is 0 Å². The lowest BCUT2D eigenvalue weighted by Crippen LogP contribution is -2.23. The molecule has 0 saturated carbocycles. The van der Waals surface area contributed by atoms with Gasteiger partial charge in [-0.15, -0.1) is 0 Å². The van der Waals surface area contributed by atoms with E-state index >= 15 is 0 Å². The summed E-state index contributed by atoms with van der Waals surface area (Å²) in [5, 5.41) is 27.4. The third-order valence-electron chi connectivity index (χ3n) is 4.08. The molecule has 3 aromatic rings. The summed E-state index contributed by atoms with van der Waals surface area (Å²) in [6, 6.07) is 24.3. The van der Waals surface area contributed by atoms with E-state index in [9.17, 15) is 9.90 Å². The molecule has 144 valence electrons. The first-order valence-corrected chi connectivity index (χ1v) is 9.00. The zero-order valence-electron chi connectivity index (χ0n) is 15.3. The van der Waals surface area contributed by atoms with Gasteiger partial charge < -0.3 is 26.2 Å². The fourth-order valence-electron chi connectivity index (χ4n) is 2.60. The van der Waals surface area contributed by atoms with Gasteiger partial charge in [-0.2, -0.15) is 0 Å². The Balaban J connectivity index is 1.60. The molecule has 1 atom stereocenters. The highest BCUT2D eigenvalue weighted by Crippen LogP contribution is 2.19. The molecule has 0 aliphatic rings. The number of carbonyl (C=O) groups is 1. The molecule has 6 heteroatoms. The van der Waals surface area contributed by atoms with E-state index in [2.05, 4.69) is 16.0 Å². The van der Waals surface area contributed by atoms with Crippen LogP contribution in [0.15, 0.2) is 78.9 Å². The summed E-state index contributed by atoms with van der Waals surface area (Å²) in [6.45, 7) is -0.111. The number of hydrogen-bond donors (Lipinski definition) is 5. The van der Waals surface area contributed by atoms with Crippen LogP contribution in [0.4, 0.5) is 22.7 Å². The number of aliphatic hydroxyl groups excluding tert-OH is 2. The van der Waals surface area contributed by atoms with Gasteiger partial charge in [0.25, 0.3) is 5.91 Å². The summed E-state index contributed by atoms with van der Waals surface area (Å²) in [5.74, 6) is -0.227. The van der Waals surface area contributed by atoms with Gasteiger partial charge in [0.05, 0.1) is 12.7 Å². The van der Waals surface area contributed by atoms with E-state index in [0.717, 1.165) is 11.4 Å². The van der Waals surface area contributed by atoms with Crippen molar-refractivity contribution in [2.24, 2.45) is 0 Å². The van der Waals surface area contributed by atoms with Crippen molar-refractivity contribution >= 4 is 28.7 Å². The van der Waals surface area contributed by atoms with E-state index in [-0.39, 0.29) is 19.1 Å². The lowest BCUT2D eigenvalue weighted by Gasteiger charge is -2.12. The number of aliphatic hydroxyl groups is 2. The van der Waals surface area contributed by atoms with Crippen molar-refractivity contribution in [1.29, 1.82) is 0 Å². The summed E-state index contributed by atoms with van der Waals surface area (Å²) in [5.41, 5.74) is 3.81. The number of benzene rings is 3. The van der Waals surface area contributed by atoms with Crippen LogP contribution in [0.2, 0.25) is 0 Å². The predicted octanol–water partition coefficient (Wildman–Crippen LogP) is 3.45. The molecule has 5 N–H and O–H groups in total. The van der Waals surface area contributed by atoms with E-state index in [1.807, 2.05) is 54.6 Å². The highest BCUT2D eigenvalue weighted by atomic mass is 16.3. The van der Waals surface area contributed by atoms with E-state index in [4.69, 9.17) is 5.11 Å². The molecule has 0 saturated heterocycles. The zero-order valence-corrected chi connectivity index (χ0v) is 15.3. The molecule has 1 unspecified atom stereocenters. The van der Waals surface area contributed by atoms with Crippen LogP contribution in [0, 0.1) is 0 Å². The molecular weight excluding hydrogens is 354 g/mol. The predicted molar refractivity (Wildman–Crippen MR) is 112 cm³/mol. The van der Waals surface area contributed by atoms with Gasteiger partial charge in [0, 0.05) is 34.9 Å². The first-order valence-electron chi connectivity index (χ1n) is 9.00. The number of rotatable bonds is 8. The summed E-state index contributed by atoms with van der Waals surface area (Å²) in [4.78, 5) is 12.5. The lowest BCUT2D eigenvalue weighted by molar-refractivity contribution is 0.102. The van der Waals surface area contributed by atoms with Crippen molar-refractivity contribution in [3.63, 3.8) is 0 Å². The van der Waals surface area contributed by atoms with E-state index in [1.165, 1.54) is 0 Å². The Kier molecular flexibility index (Phi) is 6.62. The Morgan fingerprint density at radius 3 is 2.18 bits per heavy atom. The average Bonchev–Trinajstić information content (AvgIpc) is 2.74. The SMILES string of the molecule is O=C(Nc1ccc(Nc2ccccc2)cc1)c1cccc(NCC(O)CO)c1. The highest BCUT2D eigenvalue weighted by molar-refractivity contribution is 6.04. The Hall–Kier alpha value is -3.35. The normalized spacial score (nSPS) is 11.5. The average molecular weight is 377 g/mol. The minimum absolute atomic E-state index is 0.206. The Bertz CT molecular complexity index is 898. The van der Waals surface area contributed by atoms with Crippen LogP contribution in [0.1, 0.15) is 10.4 Å². The van der Waals surface area contributed by atoms with Crippen molar-refractivity contribution in [3.8, 4) is 0 Å². The van der Waals surface area contributed by atoms with Gasteiger partial charge in [-0.05, 0) is 54.6 Å². The summed E-state index contributed by atoms with van der Waals surface area (Å²) in [7, 11) is 0. The molecule has 6 nitrogen and oxygen atoms in total. The molecular formula is C22H23N3O3. The monoisotopic (exact) mass is 377 g/mol. The largest absolute Gasteiger partial charge is 0.394 e. The van der Waals surface area contributed by atoms with Gasteiger partial charge in [-0.1, -0.05) is 24.3 Å². The smallest absolute Gasteiger partial charge is 0.255 e. The van der Waals surface area contributed by atoms with Crippen molar-refractivity contribution in [2.45, 2.75) is 6.10 Å². The topological polar surface area (TPSA) is 93.6 Å². The Labute approximate surface area is 163 Å². The van der Waals surface area contributed by atoms with Crippen LogP contribution in [0.5, 0.6) is 0 Å². The molecule has 1 amide bonds. The van der Waals surface area contributed by atoms with E-state index < -0.39 is 6.10 Å². The van der Waals surface area contributed by atoms with Crippen molar-refractivity contribution in [2.75, 3.05) is 29.1 Å². The molecule has 0 radical (unpaired) electrons. The van der Waals surface area contributed by atoms with Gasteiger partial charge in [-0.25, -0.2) is 0 Å². The van der Waals surface area contributed by atoms with Crippen LogP contribution in [0.25, 0.3) is 0 Å². The zero-order chi connectivity index (χ0) is 19.8. The number of carbonyl (C=O) groups excluding carboxylic acids is 1. The maximum Gasteiger partial charge on any atom is 0.255 e. The second kappa shape index (κ2) is 9.55. The second-order valence-corrected chi connectivity index (χ2v) is 6.32. The maximum absolute atomic E-state index is 12.5. The molecule has 28 heavy (non-hydrogen) atoms. The Morgan fingerprint density at radius 2 is 1.46 bits per heavy atom. The van der Waals surface area contributed by atoms with Gasteiger partial charge in [-0.3, -0.25) is 4.79 Å². The van der Waals surface area contributed by atoms with Crippen molar-refractivity contribution in [3.05, 3.63) is 84.4 Å². The molecule has 0 aromatic heterocycles. The molecule has 3 rings (SSSR count). The van der Waals surface area contributed by atoms with E-state index in [1.54, 1.807) is 24.3 Å². The maximum atomic E-state index is 12.5. The third-order valence-corrected chi connectivity index (χ3v) is 4.08. The van der Waals surface area contributed by atoms with Gasteiger partial charge >= 0.3 is 0 Å². The van der Waals surface area contributed by atoms with Crippen molar-refractivity contribution < 1.29 is 15.0 Å². The van der Waals surface area contributed by atoms with Crippen LogP contribution in [0.3, 0.4) is 0 Å². The number of anilines is 4. The summed E-state index contributed by atoms with van der Waals surface area (Å²) in [6.07, 6.45) is -0.847. The van der Waals surface area contributed by atoms with Gasteiger partial charge in [0.15, 0.2) is 0 Å². The van der Waals surface area contributed by atoms with Crippen LogP contribution in [-0.2, 0) is 0 Å². The lowest BCUT2D eigenvalue weighted by atomic mass is 10.1. The molecule has 0 aliphatic carbocycles. The minimum Gasteiger partial charge on any atom is -0.394 e. The third kappa shape index (κ3) is 5.57. The first-order chi connectivity index (χ1) is 13.6. The van der Waals surface area contributed by atoms with Crippen LogP contribution < -0.4 is 16.0 Å². The molecule has 0 heterocycles. The first kappa shape index (κ1) is 19.4. The molecule has 0 fully saturated rings. The van der Waals surface area contributed by atoms with Crippen LogP contribution in [-0.4, -0.2) is 35.4 Å².